The highest BCUT2D eigenvalue weighted by atomic mass is 32.1. The van der Waals surface area contributed by atoms with Crippen molar-refractivity contribution in [3.05, 3.63) is 53.9 Å². The minimum atomic E-state index is -0.685. The van der Waals surface area contributed by atoms with Crippen LogP contribution in [0.4, 0.5) is 10.8 Å². The van der Waals surface area contributed by atoms with E-state index in [-0.39, 0.29) is 5.91 Å². The fraction of sp³-hybridized carbons (Fsp3) is 0.158. The second-order valence-corrected chi connectivity index (χ2v) is 6.44. The number of rotatable bonds is 6. The molecule has 0 spiro atoms. The lowest BCUT2D eigenvalue weighted by Crippen LogP contribution is -2.30. The van der Waals surface area contributed by atoms with Gasteiger partial charge in [-0.05, 0) is 31.2 Å². The van der Waals surface area contributed by atoms with Crippen LogP contribution in [-0.4, -0.2) is 24.1 Å². The summed E-state index contributed by atoms with van der Waals surface area (Å²) in [7, 11) is 1.56. The van der Waals surface area contributed by atoms with E-state index in [9.17, 15) is 4.79 Å². The van der Waals surface area contributed by atoms with Crippen LogP contribution in [0.5, 0.6) is 11.5 Å². The first-order valence-corrected chi connectivity index (χ1v) is 8.87. The summed E-state index contributed by atoms with van der Waals surface area (Å²) in [6.45, 7) is 1.69. The Balaban J connectivity index is 1.69. The second-order valence-electron chi connectivity index (χ2n) is 5.55. The van der Waals surface area contributed by atoms with Crippen molar-refractivity contribution in [2.45, 2.75) is 13.0 Å². The number of methoxy groups -OCH3 is 1. The van der Waals surface area contributed by atoms with Crippen molar-refractivity contribution >= 4 is 28.1 Å². The summed E-state index contributed by atoms with van der Waals surface area (Å²) in [6, 6.07) is 14.6. The predicted octanol–water partition coefficient (Wildman–Crippen LogP) is 3.81. The molecule has 6 nitrogen and oxygen atoms in total. The van der Waals surface area contributed by atoms with Crippen LogP contribution in [0.2, 0.25) is 0 Å². The minimum Gasteiger partial charge on any atom is -0.495 e. The molecule has 3 N–H and O–H groups in total. The van der Waals surface area contributed by atoms with Crippen molar-refractivity contribution in [3.8, 4) is 22.8 Å². The number of carbonyl (C=O) groups is 1. The third kappa shape index (κ3) is 4.12. The van der Waals surface area contributed by atoms with Gasteiger partial charge in [-0.15, -0.1) is 11.3 Å². The largest absolute Gasteiger partial charge is 0.495 e. The zero-order valence-electron chi connectivity index (χ0n) is 14.4. The first-order valence-electron chi connectivity index (χ1n) is 7.99. The van der Waals surface area contributed by atoms with Gasteiger partial charge in [-0.25, -0.2) is 4.98 Å². The third-order valence-electron chi connectivity index (χ3n) is 3.70. The van der Waals surface area contributed by atoms with E-state index < -0.39 is 6.10 Å². The van der Waals surface area contributed by atoms with Crippen LogP contribution in [0.15, 0.2) is 53.9 Å². The molecule has 0 fully saturated rings. The van der Waals surface area contributed by atoms with E-state index in [0.29, 0.717) is 22.3 Å². The van der Waals surface area contributed by atoms with E-state index >= 15 is 0 Å². The van der Waals surface area contributed by atoms with E-state index in [4.69, 9.17) is 15.2 Å². The molecule has 1 aromatic heterocycles. The maximum Gasteiger partial charge on any atom is 0.265 e. The molecule has 1 heterocycles. The number of ether oxygens (including phenoxy) is 2. The van der Waals surface area contributed by atoms with Gasteiger partial charge >= 0.3 is 0 Å². The van der Waals surface area contributed by atoms with Crippen molar-refractivity contribution in [1.29, 1.82) is 0 Å². The highest BCUT2D eigenvalue weighted by Crippen LogP contribution is 2.27. The van der Waals surface area contributed by atoms with E-state index in [1.54, 1.807) is 32.2 Å². The summed E-state index contributed by atoms with van der Waals surface area (Å²) in [6.07, 6.45) is -0.685. The Morgan fingerprint density at radius 2 is 2.04 bits per heavy atom. The van der Waals surface area contributed by atoms with Gasteiger partial charge in [0.05, 0.1) is 18.5 Å². The molecule has 134 valence electrons. The van der Waals surface area contributed by atoms with Gasteiger partial charge in [0.15, 0.2) is 11.2 Å². The number of nitrogens with zero attached hydrogens (tertiary/aromatic N) is 1. The number of para-hydroxylation sites is 2. The molecule has 0 saturated carbocycles. The summed E-state index contributed by atoms with van der Waals surface area (Å²) in [5.74, 6) is 0.908. The Bertz CT molecular complexity index is 910. The smallest absolute Gasteiger partial charge is 0.265 e. The SMILES string of the molecule is COc1ccccc1NC(=O)C(C)Oc1cccc(-c2csc(N)n2)c1. The number of amides is 1. The highest BCUT2D eigenvalue weighted by molar-refractivity contribution is 7.13. The van der Waals surface area contributed by atoms with Gasteiger partial charge in [0, 0.05) is 10.9 Å². The van der Waals surface area contributed by atoms with E-state index in [2.05, 4.69) is 10.3 Å². The number of benzene rings is 2. The summed E-state index contributed by atoms with van der Waals surface area (Å²) < 4.78 is 11.0. The Morgan fingerprint density at radius 1 is 1.23 bits per heavy atom. The predicted molar refractivity (Wildman–Crippen MR) is 104 cm³/mol. The van der Waals surface area contributed by atoms with Gasteiger partial charge in [0.1, 0.15) is 11.5 Å². The summed E-state index contributed by atoms with van der Waals surface area (Å²) in [5.41, 5.74) is 7.95. The van der Waals surface area contributed by atoms with E-state index in [0.717, 1.165) is 11.3 Å². The van der Waals surface area contributed by atoms with Gasteiger partial charge in [0.2, 0.25) is 0 Å². The number of aromatic nitrogens is 1. The van der Waals surface area contributed by atoms with Crippen LogP contribution in [0.1, 0.15) is 6.92 Å². The molecule has 7 heteroatoms. The number of hydrogen-bond acceptors (Lipinski definition) is 6. The normalized spacial score (nSPS) is 11.6. The van der Waals surface area contributed by atoms with Gasteiger partial charge in [-0.2, -0.15) is 0 Å². The lowest BCUT2D eigenvalue weighted by molar-refractivity contribution is -0.122. The van der Waals surface area contributed by atoms with Crippen molar-refractivity contribution in [3.63, 3.8) is 0 Å². The van der Waals surface area contributed by atoms with Crippen LogP contribution in [-0.2, 0) is 4.79 Å². The number of carbonyl (C=O) groups excluding carboxylic acids is 1. The maximum absolute atomic E-state index is 12.4. The number of nitrogens with one attached hydrogen (secondary N) is 1. The zero-order chi connectivity index (χ0) is 18.5. The number of thiazole rings is 1. The lowest BCUT2D eigenvalue weighted by Gasteiger charge is -2.16. The Morgan fingerprint density at radius 3 is 2.77 bits per heavy atom. The van der Waals surface area contributed by atoms with Gasteiger partial charge in [-0.3, -0.25) is 4.79 Å². The summed E-state index contributed by atoms with van der Waals surface area (Å²) in [5, 5.41) is 5.21. The van der Waals surface area contributed by atoms with Crippen LogP contribution in [0.25, 0.3) is 11.3 Å². The standard InChI is InChI=1S/C19H19N3O3S/c1-12(18(23)21-15-8-3-4-9-17(15)24-2)25-14-7-5-6-13(10-14)16-11-26-19(20)22-16/h3-12H,1-2H3,(H2,20,22)(H,21,23). The number of nitrogen functional groups attached to an aromatic ring is 1. The molecule has 3 rings (SSSR count). The molecule has 0 saturated heterocycles. The highest BCUT2D eigenvalue weighted by Gasteiger charge is 2.17. The summed E-state index contributed by atoms with van der Waals surface area (Å²) >= 11 is 1.38. The van der Waals surface area contributed by atoms with Gasteiger partial charge in [0.25, 0.3) is 5.91 Å². The topological polar surface area (TPSA) is 86.5 Å². The van der Waals surface area contributed by atoms with Crippen molar-refractivity contribution in [2.75, 3.05) is 18.2 Å². The van der Waals surface area contributed by atoms with Gasteiger partial charge < -0.3 is 20.5 Å². The van der Waals surface area contributed by atoms with Crippen LogP contribution < -0.4 is 20.5 Å². The maximum atomic E-state index is 12.4. The second kappa shape index (κ2) is 7.88. The fourth-order valence-corrected chi connectivity index (χ4v) is 2.96. The number of anilines is 2. The molecular weight excluding hydrogens is 350 g/mol. The Labute approximate surface area is 155 Å². The first-order chi connectivity index (χ1) is 12.6. The molecule has 0 aliphatic heterocycles. The Kier molecular flexibility index (Phi) is 5.38. The number of hydrogen-bond donors (Lipinski definition) is 2. The Hall–Kier alpha value is -3.06. The van der Waals surface area contributed by atoms with Crippen molar-refractivity contribution in [2.24, 2.45) is 0 Å². The number of nitrogens with two attached hydrogens (primary N) is 1. The molecule has 1 amide bonds. The monoisotopic (exact) mass is 369 g/mol. The van der Waals surface area contributed by atoms with Crippen LogP contribution >= 0.6 is 11.3 Å². The average molecular weight is 369 g/mol. The molecule has 0 bridgehead atoms. The molecule has 1 atom stereocenters. The zero-order valence-corrected chi connectivity index (χ0v) is 15.2. The van der Waals surface area contributed by atoms with Crippen molar-refractivity contribution in [1.82, 2.24) is 4.98 Å². The molecule has 2 aromatic carbocycles. The summed E-state index contributed by atoms with van der Waals surface area (Å²) in [4.78, 5) is 16.7. The quantitative estimate of drug-likeness (QED) is 0.690. The van der Waals surface area contributed by atoms with Gasteiger partial charge in [-0.1, -0.05) is 24.3 Å². The molecule has 26 heavy (non-hydrogen) atoms. The molecule has 0 aliphatic rings. The van der Waals surface area contributed by atoms with Crippen LogP contribution in [0.3, 0.4) is 0 Å². The lowest BCUT2D eigenvalue weighted by atomic mass is 10.1. The fourth-order valence-electron chi connectivity index (χ4n) is 2.39. The minimum absolute atomic E-state index is 0.266. The van der Waals surface area contributed by atoms with E-state index in [1.807, 2.05) is 35.7 Å². The molecule has 1 unspecified atom stereocenters. The average Bonchev–Trinajstić information content (AvgIpc) is 3.09. The molecular formula is C19H19N3O3S. The molecule has 0 aliphatic carbocycles. The first kappa shape index (κ1) is 17.8. The third-order valence-corrected chi connectivity index (χ3v) is 4.37. The molecule has 0 radical (unpaired) electrons. The van der Waals surface area contributed by atoms with E-state index in [1.165, 1.54) is 11.3 Å². The molecule has 3 aromatic rings. The van der Waals surface area contributed by atoms with Crippen LogP contribution in [0, 0.1) is 0 Å². The van der Waals surface area contributed by atoms with Crippen molar-refractivity contribution < 1.29 is 14.3 Å².